The van der Waals surface area contributed by atoms with Crippen LogP contribution in [0.4, 0.5) is 0 Å². The van der Waals surface area contributed by atoms with Crippen LogP contribution in [0.25, 0.3) is 22.2 Å². The maximum atomic E-state index is 13.5. The summed E-state index contributed by atoms with van der Waals surface area (Å²) in [6.07, 6.45) is 0. The van der Waals surface area contributed by atoms with E-state index in [4.69, 9.17) is 0 Å². The predicted molar refractivity (Wildman–Crippen MR) is 106 cm³/mol. The largest absolute Gasteiger partial charge is 0.505 e. The molecule has 0 fully saturated rings. The molecule has 6 heteroatoms. The van der Waals surface area contributed by atoms with Gasteiger partial charge in [0.15, 0.2) is 0 Å². The number of hydrogen-bond donors (Lipinski definition) is 1. The summed E-state index contributed by atoms with van der Waals surface area (Å²) < 4.78 is 28.7. The standard InChI is InChI=1S/C20H14BrNO3S/c21-16-11-5-7-13-18(16)26(24,25)22-17-12-6-4-10-15(17)20(23)19(22)14-8-2-1-3-9-14/h1-13,23H. The van der Waals surface area contributed by atoms with Crippen LogP contribution in [0.1, 0.15) is 0 Å². The summed E-state index contributed by atoms with van der Waals surface area (Å²) in [7, 11) is -3.94. The van der Waals surface area contributed by atoms with Gasteiger partial charge in [-0.15, -0.1) is 0 Å². The van der Waals surface area contributed by atoms with Crippen LogP contribution in [0.3, 0.4) is 0 Å². The van der Waals surface area contributed by atoms with Gasteiger partial charge in [-0.05, 0) is 40.2 Å². The maximum absolute atomic E-state index is 13.5. The Hall–Kier alpha value is -2.57. The van der Waals surface area contributed by atoms with E-state index in [1.807, 2.05) is 18.2 Å². The molecule has 4 aromatic rings. The number of fused-ring (bicyclic) bond motifs is 1. The zero-order valence-corrected chi connectivity index (χ0v) is 15.9. The van der Waals surface area contributed by atoms with Gasteiger partial charge in [0.25, 0.3) is 10.0 Å². The van der Waals surface area contributed by atoms with Crippen molar-refractivity contribution >= 4 is 36.9 Å². The van der Waals surface area contributed by atoms with Gasteiger partial charge in [-0.3, -0.25) is 0 Å². The third-order valence-electron chi connectivity index (χ3n) is 4.21. The monoisotopic (exact) mass is 427 g/mol. The van der Waals surface area contributed by atoms with Crippen LogP contribution in [-0.2, 0) is 10.0 Å². The van der Waals surface area contributed by atoms with Crippen molar-refractivity contribution in [2.45, 2.75) is 4.90 Å². The number of hydrogen-bond acceptors (Lipinski definition) is 3. The van der Waals surface area contributed by atoms with Gasteiger partial charge in [-0.2, -0.15) is 0 Å². The highest BCUT2D eigenvalue weighted by Gasteiger charge is 2.28. The number of para-hydroxylation sites is 1. The van der Waals surface area contributed by atoms with Gasteiger partial charge in [0.1, 0.15) is 16.3 Å². The predicted octanol–water partition coefficient (Wildman–Crippen LogP) is 5.01. The van der Waals surface area contributed by atoms with Crippen molar-refractivity contribution in [3.63, 3.8) is 0 Å². The Morgan fingerprint density at radius 3 is 2.15 bits per heavy atom. The third-order valence-corrected chi connectivity index (χ3v) is 6.93. The Balaban J connectivity index is 2.15. The molecule has 0 bridgehead atoms. The van der Waals surface area contributed by atoms with E-state index < -0.39 is 10.0 Å². The molecule has 0 spiro atoms. The van der Waals surface area contributed by atoms with Gasteiger partial charge in [-0.25, -0.2) is 12.4 Å². The summed E-state index contributed by atoms with van der Waals surface area (Å²) in [4.78, 5) is 0.137. The summed E-state index contributed by atoms with van der Waals surface area (Å²) in [5, 5.41) is 11.3. The van der Waals surface area contributed by atoms with Crippen LogP contribution >= 0.6 is 15.9 Å². The zero-order chi connectivity index (χ0) is 18.3. The van der Waals surface area contributed by atoms with E-state index in [0.717, 1.165) is 0 Å². The highest BCUT2D eigenvalue weighted by Crippen LogP contribution is 2.41. The first-order valence-corrected chi connectivity index (χ1v) is 10.1. The Morgan fingerprint density at radius 1 is 0.808 bits per heavy atom. The fourth-order valence-electron chi connectivity index (χ4n) is 3.05. The van der Waals surface area contributed by atoms with Gasteiger partial charge in [0.05, 0.1) is 5.52 Å². The van der Waals surface area contributed by atoms with Crippen LogP contribution in [-0.4, -0.2) is 17.5 Å². The molecule has 0 aliphatic heterocycles. The van der Waals surface area contributed by atoms with Crippen LogP contribution in [0.2, 0.25) is 0 Å². The molecule has 130 valence electrons. The number of rotatable bonds is 3. The first kappa shape index (κ1) is 16.9. The molecule has 0 aliphatic rings. The normalized spacial score (nSPS) is 11.7. The molecule has 0 atom stereocenters. The number of aromatic nitrogens is 1. The average Bonchev–Trinajstić information content (AvgIpc) is 2.96. The number of aromatic hydroxyl groups is 1. The van der Waals surface area contributed by atoms with E-state index in [0.29, 0.717) is 20.9 Å². The molecular weight excluding hydrogens is 414 g/mol. The minimum Gasteiger partial charge on any atom is -0.505 e. The minimum absolute atomic E-state index is 0.0533. The molecule has 1 N–H and O–H groups in total. The highest BCUT2D eigenvalue weighted by atomic mass is 79.9. The molecular formula is C20H14BrNO3S. The lowest BCUT2D eigenvalue weighted by Gasteiger charge is -2.13. The Labute approximate surface area is 159 Å². The topological polar surface area (TPSA) is 59.3 Å². The summed E-state index contributed by atoms with van der Waals surface area (Å²) in [5.74, 6) is -0.0533. The zero-order valence-electron chi connectivity index (χ0n) is 13.5. The van der Waals surface area contributed by atoms with Gasteiger partial charge in [0, 0.05) is 15.4 Å². The lowest BCUT2D eigenvalue weighted by atomic mass is 10.1. The maximum Gasteiger partial charge on any atom is 0.269 e. The summed E-state index contributed by atoms with van der Waals surface area (Å²) in [6.45, 7) is 0. The van der Waals surface area contributed by atoms with E-state index in [-0.39, 0.29) is 16.3 Å². The van der Waals surface area contributed by atoms with E-state index in [1.165, 1.54) is 3.97 Å². The van der Waals surface area contributed by atoms with Gasteiger partial charge in [-0.1, -0.05) is 54.6 Å². The molecule has 0 saturated heterocycles. The molecule has 0 radical (unpaired) electrons. The molecule has 0 amide bonds. The molecule has 3 aromatic carbocycles. The van der Waals surface area contributed by atoms with Crippen LogP contribution in [0.5, 0.6) is 5.75 Å². The van der Waals surface area contributed by atoms with Crippen LogP contribution in [0, 0.1) is 0 Å². The Morgan fingerprint density at radius 2 is 1.42 bits per heavy atom. The van der Waals surface area contributed by atoms with E-state index in [9.17, 15) is 13.5 Å². The number of nitrogens with zero attached hydrogens (tertiary/aromatic N) is 1. The smallest absolute Gasteiger partial charge is 0.269 e. The van der Waals surface area contributed by atoms with Gasteiger partial charge < -0.3 is 5.11 Å². The molecule has 0 unspecified atom stereocenters. The third kappa shape index (κ3) is 2.53. The second-order valence-corrected chi connectivity index (χ2v) is 8.39. The van der Waals surface area contributed by atoms with Crippen molar-refractivity contribution in [1.29, 1.82) is 0 Å². The van der Waals surface area contributed by atoms with Gasteiger partial charge in [0.2, 0.25) is 0 Å². The Kier molecular flexibility index (Phi) is 4.09. The summed E-state index contributed by atoms with van der Waals surface area (Å²) in [5.41, 5.74) is 1.30. The van der Waals surface area contributed by atoms with Gasteiger partial charge >= 0.3 is 0 Å². The van der Waals surface area contributed by atoms with Crippen molar-refractivity contribution < 1.29 is 13.5 Å². The first-order chi connectivity index (χ1) is 12.5. The van der Waals surface area contributed by atoms with Crippen molar-refractivity contribution in [2.24, 2.45) is 0 Å². The molecule has 4 rings (SSSR count). The Bertz CT molecular complexity index is 1210. The second kappa shape index (κ2) is 6.30. The lowest BCUT2D eigenvalue weighted by Crippen LogP contribution is -2.14. The SMILES string of the molecule is O=S(=O)(c1ccccc1Br)n1c(-c2ccccc2)c(O)c2ccccc21. The molecule has 4 nitrogen and oxygen atoms in total. The quantitative estimate of drug-likeness (QED) is 0.499. The lowest BCUT2D eigenvalue weighted by molar-refractivity contribution is 0.482. The minimum atomic E-state index is -3.94. The van der Waals surface area contributed by atoms with Crippen molar-refractivity contribution in [3.8, 4) is 17.0 Å². The molecule has 26 heavy (non-hydrogen) atoms. The molecule has 0 aliphatic carbocycles. The van der Waals surface area contributed by atoms with Crippen molar-refractivity contribution in [2.75, 3.05) is 0 Å². The van der Waals surface area contributed by atoms with Crippen molar-refractivity contribution in [3.05, 3.63) is 83.3 Å². The van der Waals surface area contributed by atoms with Crippen LogP contribution < -0.4 is 0 Å². The van der Waals surface area contributed by atoms with Crippen LogP contribution in [0.15, 0.2) is 88.2 Å². The molecule has 1 heterocycles. The van der Waals surface area contributed by atoms with E-state index in [1.54, 1.807) is 60.7 Å². The van der Waals surface area contributed by atoms with E-state index in [2.05, 4.69) is 15.9 Å². The van der Waals surface area contributed by atoms with Crippen molar-refractivity contribution in [1.82, 2.24) is 3.97 Å². The second-order valence-electron chi connectivity index (χ2n) is 5.78. The first-order valence-electron chi connectivity index (χ1n) is 7.90. The fourth-order valence-corrected chi connectivity index (χ4v) is 5.56. The number of halogens is 1. The fraction of sp³-hybridized carbons (Fsp3) is 0. The summed E-state index contributed by atoms with van der Waals surface area (Å²) in [6, 6.07) is 22.6. The van der Waals surface area contributed by atoms with E-state index >= 15 is 0 Å². The molecule has 1 aromatic heterocycles. The molecule has 0 saturated carbocycles. The number of benzene rings is 3. The summed E-state index contributed by atoms with van der Waals surface area (Å²) >= 11 is 3.33. The highest BCUT2D eigenvalue weighted by molar-refractivity contribution is 9.10. The average molecular weight is 428 g/mol.